The van der Waals surface area contributed by atoms with Crippen LogP contribution in [0.15, 0.2) is 17.3 Å². The first-order valence-corrected chi connectivity index (χ1v) is 6.12. The van der Waals surface area contributed by atoms with Crippen LogP contribution in [0.4, 0.5) is 0 Å². The van der Waals surface area contributed by atoms with Gasteiger partial charge in [-0.3, -0.25) is 0 Å². The van der Waals surface area contributed by atoms with Gasteiger partial charge < -0.3 is 4.57 Å². The van der Waals surface area contributed by atoms with Crippen molar-refractivity contribution in [2.45, 2.75) is 19.0 Å². The summed E-state index contributed by atoms with van der Waals surface area (Å²) in [6.07, 6.45) is 5.26. The number of aromatic nitrogens is 2. The molecular formula is C13H14N2S. The predicted octanol–water partition coefficient (Wildman–Crippen LogP) is 2.92. The molecule has 2 rings (SSSR count). The second kappa shape index (κ2) is 4.23. The van der Waals surface area contributed by atoms with Crippen molar-refractivity contribution >= 4 is 22.8 Å². The molecule has 16 heavy (non-hydrogen) atoms. The smallest absolute Gasteiger partial charge is 0.169 e. The average molecular weight is 230 g/mol. The molecule has 0 radical (unpaired) electrons. The number of rotatable bonds is 2. The molecule has 0 aliphatic heterocycles. The fourth-order valence-corrected chi connectivity index (χ4v) is 2.33. The molecule has 1 aromatic carbocycles. The molecule has 1 aromatic heterocycles. The molecule has 0 atom stereocenters. The van der Waals surface area contributed by atoms with Crippen LogP contribution in [-0.4, -0.2) is 15.3 Å². The Labute approximate surface area is 100 Å². The molecule has 2 nitrogen and oxygen atoms in total. The molecule has 0 aliphatic carbocycles. The minimum Gasteiger partial charge on any atom is -0.322 e. The zero-order valence-corrected chi connectivity index (χ0v) is 10.6. The van der Waals surface area contributed by atoms with E-state index in [9.17, 15) is 0 Å². The lowest BCUT2D eigenvalue weighted by molar-refractivity contribution is 0.816. The number of imidazole rings is 1. The van der Waals surface area contributed by atoms with Crippen molar-refractivity contribution in [2.75, 3.05) is 5.75 Å². The Morgan fingerprint density at radius 2 is 2.06 bits per heavy atom. The van der Waals surface area contributed by atoms with Crippen LogP contribution in [0.3, 0.4) is 0 Å². The van der Waals surface area contributed by atoms with Gasteiger partial charge in [-0.25, -0.2) is 4.98 Å². The highest BCUT2D eigenvalue weighted by atomic mass is 32.2. The van der Waals surface area contributed by atoms with Crippen LogP contribution < -0.4 is 0 Å². The number of fused-ring (bicyclic) bond motifs is 1. The Kier molecular flexibility index (Phi) is 2.93. The van der Waals surface area contributed by atoms with Crippen LogP contribution in [0.2, 0.25) is 0 Å². The summed E-state index contributed by atoms with van der Waals surface area (Å²) in [5.74, 6) is 3.28. The zero-order chi connectivity index (χ0) is 11.7. The van der Waals surface area contributed by atoms with E-state index >= 15 is 0 Å². The molecule has 0 amide bonds. The highest BCUT2D eigenvalue weighted by Crippen LogP contribution is 2.24. The number of hydrogen-bond acceptors (Lipinski definition) is 2. The van der Waals surface area contributed by atoms with E-state index in [1.807, 2.05) is 7.05 Å². The summed E-state index contributed by atoms with van der Waals surface area (Å²) in [6.45, 7) is 4.23. The quantitative estimate of drug-likeness (QED) is 0.583. The van der Waals surface area contributed by atoms with Crippen LogP contribution in [0.1, 0.15) is 11.1 Å². The summed E-state index contributed by atoms with van der Waals surface area (Å²) < 4.78 is 2.10. The van der Waals surface area contributed by atoms with Gasteiger partial charge in [0.05, 0.1) is 16.8 Å². The van der Waals surface area contributed by atoms with Crippen LogP contribution >= 0.6 is 11.8 Å². The van der Waals surface area contributed by atoms with Crippen molar-refractivity contribution in [1.82, 2.24) is 9.55 Å². The van der Waals surface area contributed by atoms with Crippen molar-refractivity contribution in [3.63, 3.8) is 0 Å². The molecule has 0 N–H and O–H groups in total. The number of aryl methyl sites for hydroxylation is 3. The standard InChI is InChI=1S/C13H14N2S/c1-5-6-16-13-14-11-7-9(2)10(3)8-12(11)15(13)4/h1,7-8H,6H2,2-4H3. The minimum absolute atomic E-state index is 0.662. The summed E-state index contributed by atoms with van der Waals surface area (Å²) >= 11 is 1.60. The van der Waals surface area contributed by atoms with Gasteiger partial charge in [-0.2, -0.15) is 0 Å². The molecule has 0 fully saturated rings. The van der Waals surface area contributed by atoms with Gasteiger partial charge in [0.1, 0.15) is 0 Å². The highest BCUT2D eigenvalue weighted by molar-refractivity contribution is 7.99. The van der Waals surface area contributed by atoms with E-state index < -0.39 is 0 Å². The molecule has 82 valence electrons. The van der Waals surface area contributed by atoms with Gasteiger partial charge in [-0.15, -0.1) is 6.42 Å². The van der Waals surface area contributed by atoms with Crippen molar-refractivity contribution in [2.24, 2.45) is 7.05 Å². The lowest BCUT2D eigenvalue weighted by Gasteiger charge is -2.01. The zero-order valence-electron chi connectivity index (χ0n) is 9.74. The first-order chi connectivity index (χ1) is 7.63. The third-order valence-electron chi connectivity index (χ3n) is 2.74. The van der Waals surface area contributed by atoms with Gasteiger partial charge in [0.15, 0.2) is 5.16 Å². The van der Waals surface area contributed by atoms with Gasteiger partial charge in [0, 0.05) is 7.05 Å². The minimum atomic E-state index is 0.662. The molecule has 0 saturated heterocycles. The molecule has 0 spiro atoms. The summed E-state index contributed by atoms with van der Waals surface area (Å²) in [5.41, 5.74) is 4.79. The van der Waals surface area contributed by atoms with E-state index in [1.54, 1.807) is 11.8 Å². The molecule has 0 aliphatic rings. The molecule has 1 heterocycles. The van der Waals surface area contributed by atoms with E-state index in [0.717, 1.165) is 10.7 Å². The van der Waals surface area contributed by atoms with Crippen LogP contribution in [-0.2, 0) is 7.05 Å². The maximum absolute atomic E-state index is 5.26. The Balaban J connectivity index is 2.56. The van der Waals surface area contributed by atoms with E-state index in [0.29, 0.717) is 5.75 Å². The first kappa shape index (κ1) is 11.1. The van der Waals surface area contributed by atoms with Crippen molar-refractivity contribution in [3.8, 4) is 12.3 Å². The summed E-state index contributed by atoms with van der Waals surface area (Å²) in [5, 5.41) is 0.984. The highest BCUT2D eigenvalue weighted by Gasteiger charge is 2.08. The second-order valence-corrected chi connectivity index (χ2v) is 4.81. The first-order valence-electron chi connectivity index (χ1n) is 5.13. The van der Waals surface area contributed by atoms with Gasteiger partial charge in [-0.1, -0.05) is 17.7 Å². The Morgan fingerprint density at radius 1 is 1.38 bits per heavy atom. The maximum atomic E-state index is 5.26. The van der Waals surface area contributed by atoms with E-state index in [4.69, 9.17) is 6.42 Å². The average Bonchev–Trinajstić information content (AvgIpc) is 2.54. The van der Waals surface area contributed by atoms with Crippen molar-refractivity contribution < 1.29 is 0 Å². The van der Waals surface area contributed by atoms with Gasteiger partial charge in [0.2, 0.25) is 0 Å². The molecule has 3 heteroatoms. The van der Waals surface area contributed by atoms with Crippen LogP contribution in [0.5, 0.6) is 0 Å². The molecule has 2 aromatic rings. The second-order valence-electron chi connectivity index (χ2n) is 3.87. The summed E-state index contributed by atoms with van der Waals surface area (Å²) in [7, 11) is 2.03. The van der Waals surface area contributed by atoms with Gasteiger partial charge in [-0.05, 0) is 37.1 Å². The Bertz CT molecular complexity index is 576. The Hall–Kier alpha value is -1.40. The number of hydrogen-bond donors (Lipinski definition) is 0. The third kappa shape index (κ3) is 1.81. The lowest BCUT2D eigenvalue weighted by atomic mass is 10.1. The van der Waals surface area contributed by atoms with E-state index in [-0.39, 0.29) is 0 Å². The summed E-state index contributed by atoms with van der Waals surface area (Å²) in [4.78, 5) is 4.58. The molecular weight excluding hydrogens is 216 g/mol. The largest absolute Gasteiger partial charge is 0.322 e. The topological polar surface area (TPSA) is 17.8 Å². The van der Waals surface area contributed by atoms with E-state index in [1.165, 1.54) is 16.6 Å². The fourth-order valence-electron chi connectivity index (χ4n) is 1.66. The van der Waals surface area contributed by atoms with Gasteiger partial charge >= 0.3 is 0 Å². The fraction of sp³-hybridized carbons (Fsp3) is 0.308. The van der Waals surface area contributed by atoms with Gasteiger partial charge in [0.25, 0.3) is 0 Å². The SMILES string of the molecule is C#CCSc1nc2cc(C)c(C)cc2n1C. The van der Waals surface area contributed by atoms with Crippen molar-refractivity contribution in [1.29, 1.82) is 0 Å². The molecule has 0 saturated carbocycles. The molecule has 0 bridgehead atoms. The van der Waals surface area contributed by atoms with E-state index in [2.05, 4.69) is 41.5 Å². The lowest BCUT2D eigenvalue weighted by Crippen LogP contribution is -1.91. The predicted molar refractivity (Wildman–Crippen MR) is 69.7 cm³/mol. The monoisotopic (exact) mass is 230 g/mol. The number of terminal acetylenes is 1. The summed E-state index contributed by atoms with van der Waals surface area (Å²) in [6, 6.07) is 4.31. The number of benzene rings is 1. The van der Waals surface area contributed by atoms with Crippen LogP contribution in [0.25, 0.3) is 11.0 Å². The Morgan fingerprint density at radius 3 is 2.75 bits per heavy atom. The molecule has 0 unspecified atom stereocenters. The van der Waals surface area contributed by atoms with Crippen LogP contribution in [0, 0.1) is 26.2 Å². The number of nitrogens with zero attached hydrogens (tertiary/aromatic N) is 2. The maximum Gasteiger partial charge on any atom is 0.169 e. The third-order valence-corrected chi connectivity index (χ3v) is 3.67. The van der Waals surface area contributed by atoms with Crippen molar-refractivity contribution in [3.05, 3.63) is 23.3 Å². The number of thioether (sulfide) groups is 1. The normalized spacial score (nSPS) is 10.6.